The first-order valence-electron chi connectivity index (χ1n) is 4.89. The Morgan fingerprint density at radius 3 is 1.67 bits per heavy atom. The van der Waals surface area contributed by atoms with Gasteiger partial charge in [-0.15, -0.1) is 0 Å². The summed E-state index contributed by atoms with van der Waals surface area (Å²) in [6.45, 7) is 6.11. The average Bonchev–Trinajstić information content (AvgIpc) is 2.11. The molecule has 0 heterocycles. The van der Waals surface area contributed by atoms with Gasteiger partial charge in [0.05, 0.1) is 0 Å². The molecule has 2 nitrogen and oxygen atoms in total. The third-order valence-electron chi connectivity index (χ3n) is 1.89. The second-order valence-corrected chi connectivity index (χ2v) is 2.85. The van der Waals surface area contributed by atoms with Crippen molar-refractivity contribution < 1.29 is 9.90 Å². The van der Waals surface area contributed by atoms with E-state index in [1.54, 1.807) is 0 Å². The van der Waals surface area contributed by atoms with E-state index >= 15 is 0 Å². The summed E-state index contributed by atoms with van der Waals surface area (Å²) >= 11 is 0. The summed E-state index contributed by atoms with van der Waals surface area (Å²) in [4.78, 5) is 8.36. The van der Waals surface area contributed by atoms with Crippen LogP contribution in [0, 0.1) is 5.92 Å². The first-order chi connectivity index (χ1) is 5.81. The highest BCUT2D eigenvalue weighted by Crippen LogP contribution is 2.21. The van der Waals surface area contributed by atoms with E-state index in [0.29, 0.717) is 0 Å². The molecule has 0 aromatic rings. The van der Waals surface area contributed by atoms with Crippen LogP contribution < -0.4 is 0 Å². The van der Waals surface area contributed by atoms with Gasteiger partial charge in [0.25, 0.3) is 6.47 Å². The predicted octanol–water partition coefficient (Wildman–Crippen LogP) is 3.31. The van der Waals surface area contributed by atoms with Crippen molar-refractivity contribution in [1.29, 1.82) is 0 Å². The lowest BCUT2D eigenvalue weighted by atomic mass is 9.91. The maximum absolute atomic E-state index is 8.36. The second-order valence-electron chi connectivity index (χ2n) is 2.85. The summed E-state index contributed by atoms with van der Waals surface area (Å²) < 4.78 is 0. The number of carbonyl (C=O) groups is 1. The Morgan fingerprint density at radius 1 is 1.17 bits per heavy atom. The van der Waals surface area contributed by atoms with Gasteiger partial charge in [-0.25, -0.2) is 0 Å². The molecular weight excluding hydrogens is 152 g/mol. The topological polar surface area (TPSA) is 37.3 Å². The molecule has 0 saturated heterocycles. The number of hydrogen-bond donors (Lipinski definition) is 1. The molecule has 0 aliphatic heterocycles. The van der Waals surface area contributed by atoms with Crippen molar-refractivity contribution in [2.24, 2.45) is 5.92 Å². The van der Waals surface area contributed by atoms with Crippen LogP contribution in [-0.2, 0) is 4.79 Å². The summed E-state index contributed by atoms with van der Waals surface area (Å²) in [5.41, 5.74) is 0. The minimum absolute atomic E-state index is 0.250. The summed E-state index contributed by atoms with van der Waals surface area (Å²) in [6.07, 6.45) is 7.44. The largest absolute Gasteiger partial charge is 0.483 e. The first-order valence-corrected chi connectivity index (χ1v) is 4.89. The van der Waals surface area contributed by atoms with Crippen molar-refractivity contribution >= 4 is 6.47 Å². The van der Waals surface area contributed by atoms with Crippen LogP contribution >= 0.6 is 0 Å². The Balaban J connectivity index is 0. The Kier molecular flexibility index (Phi) is 15.3. The van der Waals surface area contributed by atoms with Gasteiger partial charge in [-0.2, -0.15) is 0 Å². The summed E-state index contributed by atoms with van der Waals surface area (Å²) in [7, 11) is 0. The van der Waals surface area contributed by atoms with Crippen LogP contribution in [0.5, 0.6) is 0 Å². The molecular formula is C10H22O2. The van der Waals surface area contributed by atoms with E-state index in [9.17, 15) is 0 Å². The summed E-state index contributed by atoms with van der Waals surface area (Å²) in [5, 5.41) is 6.89. The van der Waals surface area contributed by atoms with E-state index < -0.39 is 0 Å². The van der Waals surface area contributed by atoms with E-state index in [0.717, 1.165) is 5.92 Å². The van der Waals surface area contributed by atoms with Gasteiger partial charge in [-0.3, -0.25) is 4.79 Å². The minimum Gasteiger partial charge on any atom is -0.483 e. The Hall–Kier alpha value is -0.530. The SMILES string of the molecule is CC.CC1CCCCC1.O=CO. The highest BCUT2D eigenvalue weighted by molar-refractivity contribution is 5.32. The number of rotatable bonds is 0. The highest BCUT2D eigenvalue weighted by Gasteiger charge is 2.05. The molecule has 0 spiro atoms. The van der Waals surface area contributed by atoms with Crippen molar-refractivity contribution in [2.45, 2.75) is 52.9 Å². The van der Waals surface area contributed by atoms with Crippen LogP contribution in [0.1, 0.15) is 52.9 Å². The lowest BCUT2D eigenvalue weighted by Gasteiger charge is -2.15. The first kappa shape index (κ1) is 14.0. The average molecular weight is 174 g/mol. The molecule has 1 saturated carbocycles. The third kappa shape index (κ3) is 12.2. The molecule has 1 N–H and O–H groups in total. The molecule has 1 aliphatic rings. The molecule has 74 valence electrons. The van der Waals surface area contributed by atoms with E-state index in [1.165, 1.54) is 32.1 Å². The molecule has 0 bridgehead atoms. The molecule has 0 atom stereocenters. The van der Waals surface area contributed by atoms with E-state index in [-0.39, 0.29) is 6.47 Å². The molecule has 1 fully saturated rings. The Bertz CT molecular complexity index is 75.9. The van der Waals surface area contributed by atoms with Crippen LogP contribution in [0.4, 0.5) is 0 Å². The van der Waals surface area contributed by atoms with Crippen molar-refractivity contribution in [1.82, 2.24) is 0 Å². The molecule has 0 unspecified atom stereocenters. The maximum Gasteiger partial charge on any atom is 0.290 e. The van der Waals surface area contributed by atoms with Gasteiger partial charge >= 0.3 is 0 Å². The van der Waals surface area contributed by atoms with Crippen LogP contribution in [0.15, 0.2) is 0 Å². The molecule has 0 amide bonds. The predicted molar refractivity (Wildman–Crippen MR) is 52.3 cm³/mol. The minimum atomic E-state index is -0.250. The second kappa shape index (κ2) is 13.1. The fourth-order valence-corrected chi connectivity index (χ4v) is 1.31. The number of hydrogen-bond acceptors (Lipinski definition) is 1. The van der Waals surface area contributed by atoms with Gasteiger partial charge in [0.2, 0.25) is 0 Å². The monoisotopic (exact) mass is 174 g/mol. The zero-order valence-electron chi connectivity index (χ0n) is 8.55. The standard InChI is InChI=1S/C7H14.C2H6.CH2O2/c1-7-5-3-2-4-6-7;1-2;2-1-3/h7H,2-6H2,1H3;1-2H3;1H,(H,2,3). The van der Waals surface area contributed by atoms with Crippen molar-refractivity contribution in [3.63, 3.8) is 0 Å². The molecule has 0 aromatic heterocycles. The van der Waals surface area contributed by atoms with Crippen molar-refractivity contribution in [3.8, 4) is 0 Å². The van der Waals surface area contributed by atoms with Crippen LogP contribution in [0.2, 0.25) is 0 Å². The summed E-state index contributed by atoms with van der Waals surface area (Å²) in [5.74, 6) is 1.04. The van der Waals surface area contributed by atoms with E-state index in [2.05, 4.69) is 6.92 Å². The van der Waals surface area contributed by atoms with Crippen LogP contribution in [-0.4, -0.2) is 11.6 Å². The van der Waals surface area contributed by atoms with Gasteiger partial charge in [0.15, 0.2) is 0 Å². The zero-order valence-corrected chi connectivity index (χ0v) is 8.55. The number of carboxylic acid groups (broad SMARTS) is 1. The smallest absolute Gasteiger partial charge is 0.290 e. The third-order valence-corrected chi connectivity index (χ3v) is 1.89. The van der Waals surface area contributed by atoms with Gasteiger partial charge in [0, 0.05) is 0 Å². The van der Waals surface area contributed by atoms with Crippen LogP contribution in [0.25, 0.3) is 0 Å². The molecule has 1 aliphatic carbocycles. The van der Waals surface area contributed by atoms with Crippen LogP contribution in [0.3, 0.4) is 0 Å². The fourth-order valence-electron chi connectivity index (χ4n) is 1.31. The molecule has 0 radical (unpaired) electrons. The van der Waals surface area contributed by atoms with Gasteiger partial charge in [-0.05, 0) is 5.92 Å². The molecule has 1 rings (SSSR count). The van der Waals surface area contributed by atoms with Gasteiger partial charge < -0.3 is 5.11 Å². The van der Waals surface area contributed by atoms with Crippen molar-refractivity contribution in [3.05, 3.63) is 0 Å². The highest BCUT2D eigenvalue weighted by atomic mass is 16.3. The normalized spacial score (nSPS) is 16.2. The molecule has 2 heteroatoms. The zero-order chi connectivity index (χ0) is 9.82. The Morgan fingerprint density at radius 2 is 1.50 bits per heavy atom. The van der Waals surface area contributed by atoms with Crippen molar-refractivity contribution in [2.75, 3.05) is 0 Å². The lowest BCUT2D eigenvalue weighted by molar-refractivity contribution is -0.122. The van der Waals surface area contributed by atoms with Gasteiger partial charge in [-0.1, -0.05) is 52.9 Å². The quantitative estimate of drug-likeness (QED) is 0.572. The molecule has 12 heavy (non-hydrogen) atoms. The summed E-state index contributed by atoms with van der Waals surface area (Å²) in [6, 6.07) is 0. The molecule has 0 aromatic carbocycles. The van der Waals surface area contributed by atoms with Gasteiger partial charge in [0.1, 0.15) is 0 Å². The van der Waals surface area contributed by atoms with E-state index in [4.69, 9.17) is 9.90 Å². The lowest BCUT2D eigenvalue weighted by Crippen LogP contribution is -1.99. The van der Waals surface area contributed by atoms with E-state index in [1.807, 2.05) is 13.8 Å². The fraction of sp³-hybridized carbons (Fsp3) is 0.900. The maximum atomic E-state index is 8.36. The Labute approximate surface area is 76.0 Å².